The molecule has 5 nitrogen and oxygen atoms in total. The smallest absolute Gasteiger partial charge is 0.416 e. The minimum atomic E-state index is -4.48. The molecule has 0 radical (unpaired) electrons. The number of ether oxygens (including phenoxy) is 1. The molecule has 0 aliphatic rings. The number of hydrogen-bond donors (Lipinski definition) is 1. The van der Waals surface area contributed by atoms with Gasteiger partial charge in [-0.3, -0.25) is 9.59 Å². The van der Waals surface area contributed by atoms with Crippen LogP contribution in [0.4, 0.5) is 18.9 Å². The summed E-state index contributed by atoms with van der Waals surface area (Å²) in [5.74, 6) is -0.347. The highest BCUT2D eigenvalue weighted by molar-refractivity contribution is 5.95. The molecular formula is C21H23F3N2O3. The number of methoxy groups -OCH3 is 1. The third-order valence-electron chi connectivity index (χ3n) is 4.17. The van der Waals surface area contributed by atoms with Gasteiger partial charge < -0.3 is 15.0 Å². The molecule has 0 atom stereocenters. The monoisotopic (exact) mass is 408 g/mol. The van der Waals surface area contributed by atoms with E-state index in [2.05, 4.69) is 5.32 Å². The zero-order valence-electron chi connectivity index (χ0n) is 16.3. The third kappa shape index (κ3) is 6.51. The van der Waals surface area contributed by atoms with Gasteiger partial charge >= 0.3 is 6.18 Å². The molecule has 156 valence electrons. The average Bonchev–Trinajstić information content (AvgIpc) is 2.67. The Balaban J connectivity index is 2.06. The van der Waals surface area contributed by atoms with Crippen molar-refractivity contribution in [1.82, 2.24) is 4.90 Å². The number of rotatable bonds is 8. The molecule has 0 bridgehead atoms. The molecule has 0 spiro atoms. The highest BCUT2D eigenvalue weighted by Gasteiger charge is 2.30. The molecule has 0 unspecified atom stereocenters. The minimum Gasteiger partial charge on any atom is -0.495 e. The molecule has 0 saturated heterocycles. The molecule has 0 saturated carbocycles. The first kappa shape index (κ1) is 22.3. The lowest BCUT2D eigenvalue weighted by Crippen LogP contribution is -2.39. The van der Waals surface area contributed by atoms with E-state index in [9.17, 15) is 22.8 Å². The van der Waals surface area contributed by atoms with Crippen molar-refractivity contribution >= 4 is 17.5 Å². The van der Waals surface area contributed by atoms with Crippen LogP contribution in [0.15, 0.2) is 48.5 Å². The Morgan fingerprint density at radius 2 is 1.83 bits per heavy atom. The Hall–Kier alpha value is -3.03. The van der Waals surface area contributed by atoms with Gasteiger partial charge in [0.25, 0.3) is 0 Å². The topological polar surface area (TPSA) is 58.6 Å². The van der Waals surface area contributed by atoms with Gasteiger partial charge in [-0.25, -0.2) is 0 Å². The van der Waals surface area contributed by atoms with E-state index in [0.29, 0.717) is 24.4 Å². The van der Waals surface area contributed by atoms with Crippen LogP contribution in [0.1, 0.15) is 24.5 Å². The van der Waals surface area contributed by atoms with Gasteiger partial charge in [0.1, 0.15) is 5.75 Å². The van der Waals surface area contributed by atoms with E-state index in [1.807, 2.05) is 6.92 Å². The summed E-state index contributed by atoms with van der Waals surface area (Å²) in [6.45, 7) is 1.96. The Bertz CT molecular complexity index is 853. The van der Waals surface area contributed by atoms with E-state index < -0.39 is 23.6 Å². The van der Waals surface area contributed by atoms with Crippen LogP contribution in [0.5, 0.6) is 5.75 Å². The quantitative estimate of drug-likeness (QED) is 0.715. The summed E-state index contributed by atoms with van der Waals surface area (Å²) in [5, 5.41) is 2.69. The molecule has 2 amide bonds. The number of benzene rings is 2. The summed E-state index contributed by atoms with van der Waals surface area (Å²) in [4.78, 5) is 26.4. The van der Waals surface area contributed by atoms with Crippen molar-refractivity contribution in [2.24, 2.45) is 0 Å². The van der Waals surface area contributed by atoms with Gasteiger partial charge in [-0.2, -0.15) is 13.2 Å². The maximum absolute atomic E-state index is 12.9. The molecule has 0 aliphatic heterocycles. The number of halogens is 3. The van der Waals surface area contributed by atoms with Gasteiger partial charge in [-0.1, -0.05) is 37.3 Å². The SMILES string of the molecule is CCCN(CC(=O)Nc1ccccc1OC)C(=O)Cc1cccc(C(F)(F)F)c1. The zero-order valence-corrected chi connectivity index (χ0v) is 16.3. The van der Waals surface area contributed by atoms with Crippen molar-refractivity contribution < 1.29 is 27.5 Å². The predicted octanol–water partition coefficient (Wildman–Crippen LogP) is 4.13. The van der Waals surface area contributed by atoms with Crippen molar-refractivity contribution in [3.8, 4) is 5.75 Å². The number of amides is 2. The number of anilines is 1. The van der Waals surface area contributed by atoms with Crippen LogP contribution >= 0.6 is 0 Å². The van der Waals surface area contributed by atoms with Crippen LogP contribution in [-0.4, -0.2) is 36.9 Å². The summed E-state index contributed by atoms with van der Waals surface area (Å²) in [5.41, 5.74) is -0.0865. The fourth-order valence-electron chi connectivity index (χ4n) is 2.82. The van der Waals surface area contributed by atoms with E-state index in [-0.39, 0.29) is 18.5 Å². The lowest BCUT2D eigenvalue weighted by Gasteiger charge is -2.22. The first-order chi connectivity index (χ1) is 13.7. The molecule has 8 heteroatoms. The van der Waals surface area contributed by atoms with Gasteiger partial charge in [0, 0.05) is 6.54 Å². The number of alkyl halides is 3. The molecule has 2 aromatic carbocycles. The fourth-order valence-corrected chi connectivity index (χ4v) is 2.82. The van der Waals surface area contributed by atoms with Crippen LogP contribution in [0.25, 0.3) is 0 Å². The van der Waals surface area contributed by atoms with Gasteiger partial charge in [0.15, 0.2) is 0 Å². The van der Waals surface area contributed by atoms with E-state index in [4.69, 9.17) is 4.74 Å². The minimum absolute atomic E-state index is 0.205. The number of carbonyl (C=O) groups is 2. The molecule has 0 heterocycles. The Labute approximate surface area is 167 Å². The van der Waals surface area contributed by atoms with Crippen molar-refractivity contribution in [3.05, 3.63) is 59.7 Å². The van der Waals surface area contributed by atoms with Crippen LogP contribution in [0, 0.1) is 0 Å². The van der Waals surface area contributed by atoms with Crippen LogP contribution in [0.2, 0.25) is 0 Å². The molecule has 1 N–H and O–H groups in total. The summed E-state index contributed by atoms with van der Waals surface area (Å²) in [7, 11) is 1.48. The highest BCUT2D eigenvalue weighted by atomic mass is 19.4. The van der Waals surface area contributed by atoms with Crippen LogP contribution in [0.3, 0.4) is 0 Å². The lowest BCUT2D eigenvalue weighted by atomic mass is 10.1. The Morgan fingerprint density at radius 3 is 2.48 bits per heavy atom. The third-order valence-corrected chi connectivity index (χ3v) is 4.17. The van der Waals surface area contributed by atoms with E-state index in [0.717, 1.165) is 12.1 Å². The van der Waals surface area contributed by atoms with Gasteiger partial charge in [0.2, 0.25) is 11.8 Å². The van der Waals surface area contributed by atoms with Crippen molar-refractivity contribution in [1.29, 1.82) is 0 Å². The number of nitrogens with zero attached hydrogens (tertiary/aromatic N) is 1. The Morgan fingerprint density at radius 1 is 1.10 bits per heavy atom. The summed E-state index contributed by atoms with van der Waals surface area (Å²) in [6, 6.07) is 11.5. The lowest BCUT2D eigenvalue weighted by molar-refractivity contribution is -0.138. The number of para-hydroxylation sites is 2. The maximum atomic E-state index is 12.9. The van der Waals surface area contributed by atoms with Crippen molar-refractivity contribution in [2.45, 2.75) is 25.9 Å². The van der Waals surface area contributed by atoms with Gasteiger partial charge in [-0.15, -0.1) is 0 Å². The summed E-state index contributed by atoms with van der Waals surface area (Å²) < 4.78 is 43.8. The van der Waals surface area contributed by atoms with Crippen molar-refractivity contribution in [3.63, 3.8) is 0 Å². The van der Waals surface area contributed by atoms with Gasteiger partial charge in [0.05, 0.1) is 31.3 Å². The van der Waals surface area contributed by atoms with Gasteiger partial charge in [-0.05, 0) is 30.2 Å². The van der Waals surface area contributed by atoms with E-state index in [1.54, 1.807) is 24.3 Å². The van der Waals surface area contributed by atoms with E-state index in [1.165, 1.54) is 24.1 Å². The number of hydrogen-bond acceptors (Lipinski definition) is 3. The second-order valence-corrected chi connectivity index (χ2v) is 6.44. The number of nitrogens with one attached hydrogen (secondary N) is 1. The molecule has 2 aromatic rings. The normalized spacial score (nSPS) is 11.1. The first-order valence-electron chi connectivity index (χ1n) is 9.11. The van der Waals surface area contributed by atoms with Crippen LogP contribution < -0.4 is 10.1 Å². The molecule has 0 fully saturated rings. The van der Waals surface area contributed by atoms with Crippen LogP contribution in [-0.2, 0) is 22.2 Å². The number of carbonyl (C=O) groups excluding carboxylic acids is 2. The van der Waals surface area contributed by atoms with E-state index >= 15 is 0 Å². The highest BCUT2D eigenvalue weighted by Crippen LogP contribution is 2.29. The first-order valence-corrected chi connectivity index (χ1v) is 9.11. The second-order valence-electron chi connectivity index (χ2n) is 6.44. The summed E-state index contributed by atoms with van der Waals surface area (Å²) >= 11 is 0. The second kappa shape index (κ2) is 9.95. The molecule has 0 aliphatic carbocycles. The molecular weight excluding hydrogens is 385 g/mol. The average molecular weight is 408 g/mol. The maximum Gasteiger partial charge on any atom is 0.416 e. The Kier molecular flexibility index (Phi) is 7.64. The largest absolute Gasteiger partial charge is 0.495 e. The molecule has 2 rings (SSSR count). The standard InChI is InChI=1S/C21H23F3N2O3/c1-3-11-26(14-19(27)25-17-9-4-5-10-18(17)29-2)20(28)13-15-7-6-8-16(12-15)21(22,23)24/h4-10,12H,3,11,13-14H2,1-2H3,(H,25,27). The zero-order chi connectivity index (χ0) is 21.4. The predicted molar refractivity (Wildman–Crippen MR) is 104 cm³/mol. The van der Waals surface area contributed by atoms with Crippen molar-refractivity contribution in [2.75, 3.05) is 25.5 Å². The molecule has 0 aromatic heterocycles. The molecule has 29 heavy (non-hydrogen) atoms. The summed E-state index contributed by atoms with van der Waals surface area (Å²) in [6.07, 6.45) is -4.08. The fraction of sp³-hybridized carbons (Fsp3) is 0.333.